The van der Waals surface area contributed by atoms with Crippen LogP contribution >= 0.6 is 11.6 Å². The average Bonchev–Trinajstić information content (AvgIpc) is 2.38. The van der Waals surface area contributed by atoms with E-state index in [-0.39, 0.29) is 10.7 Å². The topological polar surface area (TPSA) is 61.4 Å². The maximum absolute atomic E-state index is 13.6. The maximum Gasteiger partial charge on any atom is 0.301 e. The molecular weight excluding hydrogens is 317 g/mol. The van der Waals surface area contributed by atoms with Gasteiger partial charge in [-0.25, -0.2) is 4.39 Å². The van der Waals surface area contributed by atoms with Crippen LogP contribution in [0.3, 0.4) is 0 Å². The van der Waals surface area contributed by atoms with E-state index in [1.165, 1.54) is 19.2 Å². The van der Waals surface area contributed by atoms with Crippen molar-refractivity contribution in [3.05, 3.63) is 29.0 Å². The lowest BCUT2D eigenvalue weighted by Gasteiger charge is -2.19. The SMILES string of the molecule is CC(C)NCCCN(C)S(=O)(=O)Nc1c(F)cccc1Cl. The Morgan fingerprint density at radius 1 is 1.38 bits per heavy atom. The molecule has 0 heterocycles. The third-order valence-corrected chi connectivity index (χ3v) is 4.59. The summed E-state index contributed by atoms with van der Waals surface area (Å²) in [6.45, 7) is 5.06. The van der Waals surface area contributed by atoms with Crippen molar-refractivity contribution < 1.29 is 12.8 Å². The van der Waals surface area contributed by atoms with Crippen molar-refractivity contribution in [1.29, 1.82) is 0 Å². The van der Waals surface area contributed by atoms with Gasteiger partial charge in [0.05, 0.1) is 5.02 Å². The minimum absolute atomic E-state index is 0.0217. The predicted octanol–water partition coefficient (Wildman–Crippen LogP) is 2.46. The minimum atomic E-state index is -3.83. The van der Waals surface area contributed by atoms with Gasteiger partial charge >= 0.3 is 10.2 Å². The molecule has 0 saturated carbocycles. The number of benzene rings is 1. The van der Waals surface area contributed by atoms with Crippen LogP contribution in [0.25, 0.3) is 0 Å². The van der Waals surface area contributed by atoms with Crippen molar-refractivity contribution >= 4 is 27.5 Å². The Hall–Kier alpha value is -0.890. The molecule has 0 aliphatic rings. The molecule has 0 amide bonds. The number of nitrogens with one attached hydrogen (secondary N) is 2. The van der Waals surface area contributed by atoms with E-state index in [0.717, 1.165) is 10.4 Å². The average molecular weight is 338 g/mol. The Bertz CT molecular complexity index is 546. The largest absolute Gasteiger partial charge is 0.314 e. The summed E-state index contributed by atoms with van der Waals surface area (Å²) in [5, 5.41) is 3.22. The predicted molar refractivity (Wildman–Crippen MR) is 84.3 cm³/mol. The molecule has 120 valence electrons. The molecule has 0 aromatic heterocycles. The maximum atomic E-state index is 13.6. The normalized spacial score (nSPS) is 12.1. The molecule has 0 aliphatic carbocycles. The zero-order valence-electron chi connectivity index (χ0n) is 12.4. The van der Waals surface area contributed by atoms with Gasteiger partial charge in [0.2, 0.25) is 0 Å². The molecule has 1 aromatic rings. The van der Waals surface area contributed by atoms with Gasteiger partial charge < -0.3 is 5.32 Å². The molecule has 0 saturated heterocycles. The highest BCUT2D eigenvalue weighted by Crippen LogP contribution is 2.26. The molecule has 1 aromatic carbocycles. The van der Waals surface area contributed by atoms with E-state index in [4.69, 9.17) is 11.6 Å². The molecule has 0 radical (unpaired) electrons. The summed E-state index contributed by atoms with van der Waals surface area (Å²) >= 11 is 5.81. The van der Waals surface area contributed by atoms with Crippen molar-refractivity contribution in [3.8, 4) is 0 Å². The third-order valence-electron chi connectivity index (χ3n) is 2.81. The molecule has 0 atom stereocenters. The number of rotatable bonds is 8. The summed E-state index contributed by atoms with van der Waals surface area (Å²) in [5.74, 6) is -0.707. The molecular formula is C13H21ClFN3O2S. The van der Waals surface area contributed by atoms with Gasteiger partial charge in [0.15, 0.2) is 0 Å². The van der Waals surface area contributed by atoms with E-state index < -0.39 is 16.0 Å². The molecule has 0 fully saturated rings. The molecule has 2 N–H and O–H groups in total. The van der Waals surface area contributed by atoms with Crippen molar-refractivity contribution in [3.63, 3.8) is 0 Å². The van der Waals surface area contributed by atoms with Crippen LogP contribution in [0.2, 0.25) is 5.02 Å². The Kier molecular flexibility index (Phi) is 6.86. The Balaban J connectivity index is 2.64. The Morgan fingerprint density at radius 2 is 2.05 bits per heavy atom. The summed E-state index contributed by atoms with van der Waals surface area (Å²) in [5.41, 5.74) is -0.230. The van der Waals surface area contributed by atoms with Crippen molar-refractivity contribution in [2.75, 3.05) is 24.9 Å². The fraction of sp³-hybridized carbons (Fsp3) is 0.538. The first-order valence-corrected chi connectivity index (χ1v) is 8.47. The van der Waals surface area contributed by atoms with Crippen LogP contribution in [0.1, 0.15) is 20.3 Å². The van der Waals surface area contributed by atoms with Crippen LogP contribution in [0.5, 0.6) is 0 Å². The smallest absolute Gasteiger partial charge is 0.301 e. The number of hydrogen-bond donors (Lipinski definition) is 2. The van der Waals surface area contributed by atoms with E-state index in [2.05, 4.69) is 10.0 Å². The standard InChI is InChI=1S/C13H21ClFN3O2S/c1-10(2)16-8-5-9-18(3)21(19,20)17-13-11(14)6-4-7-12(13)15/h4,6-7,10,16-17H,5,8-9H2,1-3H3. The molecule has 21 heavy (non-hydrogen) atoms. The molecule has 0 aliphatic heterocycles. The van der Waals surface area contributed by atoms with Gasteiger partial charge in [0.25, 0.3) is 0 Å². The molecule has 0 unspecified atom stereocenters. The van der Waals surface area contributed by atoms with Gasteiger partial charge in [-0.1, -0.05) is 31.5 Å². The Labute approximate surface area is 130 Å². The fourth-order valence-electron chi connectivity index (χ4n) is 1.61. The van der Waals surface area contributed by atoms with E-state index in [1.807, 2.05) is 13.8 Å². The summed E-state index contributed by atoms with van der Waals surface area (Å²) in [6, 6.07) is 4.34. The van der Waals surface area contributed by atoms with Gasteiger partial charge in [0.1, 0.15) is 11.5 Å². The summed E-state index contributed by atoms with van der Waals surface area (Å²) in [7, 11) is -2.39. The first-order valence-electron chi connectivity index (χ1n) is 6.65. The monoisotopic (exact) mass is 337 g/mol. The van der Waals surface area contributed by atoms with E-state index in [0.29, 0.717) is 25.6 Å². The molecule has 0 spiro atoms. The highest BCUT2D eigenvalue weighted by molar-refractivity contribution is 7.90. The van der Waals surface area contributed by atoms with Crippen LogP contribution < -0.4 is 10.0 Å². The van der Waals surface area contributed by atoms with Gasteiger partial charge in [0, 0.05) is 19.6 Å². The highest BCUT2D eigenvalue weighted by Gasteiger charge is 2.20. The van der Waals surface area contributed by atoms with Gasteiger partial charge in [-0.15, -0.1) is 0 Å². The van der Waals surface area contributed by atoms with Crippen LogP contribution in [0, 0.1) is 5.82 Å². The second-order valence-electron chi connectivity index (χ2n) is 4.99. The zero-order chi connectivity index (χ0) is 16.0. The van der Waals surface area contributed by atoms with Gasteiger partial charge in [-0.05, 0) is 25.1 Å². The van der Waals surface area contributed by atoms with Gasteiger partial charge in [-0.3, -0.25) is 4.72 Å². The van der Waals surface area contributed by atoms with Crippen molar-refractivity contribution in [1.82, 2.24) is 9.62 Å². The highest BCUT2D eigenvalue weighted by atomic mass is 35.5. The number of anilines is 1. The second-order valence-corrected chi connectivity index (χ2v) is 7.17. The van der Waals surface area contributed by atoms with Gasteiger partial charge in [-0.2, -0.15) is 12.7 Å². The second kappa shape index (κ2) is 7.93. The third kappa shape index (κ3) is 5.78. The number of nitrogens with zero attached hydrogens (tertiary/aromatic N) is 1. The van der Waals surface area contributed by atoms with E-state index in [9.17, 15) is 12.8 Å². The number of halogens is 2. The first-order chi connectivity index (χ1) is 9.74. The fourth-order valence-corrected chi connectivity index (χ4v) is 2.87. The van der Waals surface area contributed by atoms with E-state index >= 15 is 0 Å². The lowest BCUT2D eigenvalue weighted by atomic mass is 10.3. The molecule has 0 bridgehead atoms. The van der Waals surface area contributed by atoms with Crippen molar-refractivity contribution in [2.45, 2.75) is 26.3 Å². The summed E-state index contributed by atoms with van der Waals surface area (Å²) < 4.78 is 41.1. The van der Waals surface area contributed by atoms with Crippen molar-refractivity contribution in [2.24, 2.45) is 0 Å². The first kappa shape index (κ1) is 18.2. The van der Waals surface area contributed by atoms with Crippen LogP contribution in [-0.2, 0) is 10.2 Å². The quantitative estimate of drug-likeness (QED) is 0.716. The van der Waals surface area contributed by atoms with Crippen LogP contribution in [0.15, 0.2) is 18.2 Å². The van der Waals surface area contributed by atoms with Crippen LogP contribution in [0.4, 0.5) is 10.1 Å². The summed E-state index contributed by atoms with van der Waals surface area (Å²) in [6.07, 6.45) is 0.653. The zero-order valence-corrected chi connectivity index (χ0v) is 13.9. The Morgan fingerprint density at radius 3 is 2.62 bits per heavy atom. The minimum Gasteiger partial charge on any atom is -0.314 e. The summed E-state index contributed by atoms with van der Waals surface area (Å²) in [4.78, 5) is 0. The molecule has 8 heteroatoms. The number of para-hydroxylation sites is 1. The molecule has 5 nitrogen and oxygen atoms in total. The van der Waals surface area contributed by atoms with Crippen LogP contribution in [-0.4, -0.2) is 38.9 Å². The lowest BCUT2D eigenvalue weighted by molar-refractivity contribution is 0.451. The number of hydrogen-bond acceptors (Lipinski definition) is 3. The van der Waals surface area contributed by atoms with E-state index in [1.54, 1.807) is 0 Å². The molecule has 1 rings (SSSR count). The lowest BCUT2D eigenvalue weighted by Crippen LogP contribution is -2.35.